The van der Waals surface area contributed by atoms with Crippen LogP contribution >= 0.6 is 0 Å². The number of methoxy groups -OCH3 is 2. The van der Waals surface area contributed by atoms with Crippen LogP contribution in [0.3, 0.4) is 0 Å². The second-order valence-corrected chi connectivity index (χ2v) is 5.81. The Labute approximate surface area is 152 Å². The standard InChI is InChI=1S/C21H19N3O2/c1-13-6-4-5-7-15(13)19-11-16(18(12-22)21(23)24-19)17-10-14(25-2)8-9-20(17)26-3/h4-11H,1-3H3,(H2,23,24). The second-order valence-electron chi connectivity index (χ2n) is 5.81. The average molecular weight is 345 g/mol. The molecule has 1 aromatic heterocycles. The SMILES string of the molecule is COc1ccc(OC)c(-c2cc(-c3ccccc3C)nc(N)c2C#N)c1. The van der Waals surface area contributed by atoms with Crippen molar-refractivity contribution in [2.45, 2.75) is 6.92 Å². The van der Waals surface area contributed by atoms with Gasteiger partial charge in [0.25, 0.3) is 0 Å². The van der Waals surface area contributed by atoms with E-state index < -0.39 is 0 Å². The van der Waals surface area contributed by atoms with Gasteiger partial charge in [-0.3, -0.25) is 0 Å². The van der Waals surface area contributed by atoms with E-state index in [1.165, 1.54) is 0 Å². The molecule has 0 amide bonds. The molecule has 5 nitrogen and oxygen atoms in total. The monoisotopic (exact) mass is 345 g/mol. The molecule has 130 valence electrons. The van der Waals surface area contributed by atoms with Crippen LogP contribution in [0.25, 0.3) is 22.4 Å². The van der Waals surface area contributed by atoms with Gasteiger partial charge in [-0.1, -0.05) is 24.3 Å². The summed E-state index contributed by atoms with van der Waals surface area (Å²) in [6.07, 6.45) is 0. The third-order valence-corrected chi connectivity index (χ3v) is 4.28. The van der Waals surface area contributed by atoms with Gasteiger partial charge in [-0.05, 0) is 36.8 Å². The number of hydrogen-bond donors (Lipinski definition) is 1. The number of aryl methyl sites for hydroxylation is 1. The zero-order valence-corrected chi connectivity index (χ0v) is 14.9. The first-order valence-corrected chi connectivity index (χ1v) is 8.08. The summed E-state index contributed by atoms with van der Waals surface area (Å²) in [6.45, 7) is 2.01. The normalized spacial score (nSPS) is 10.2. The van der Waals surface area contributed by atoms with Gasteiger partial charge < -0.3 is 15.2 Å². The Morgan fingerprint density at radius 3 is 2.38 bits per heavy atom. The first kappa shape index (κ1) is 17.3. The van der Waals surface area contributed by atoms with Gasteiger partial charge in [-0.15, -0.1) is 0 Å². The number of ether oxygens (including phenoxy) is 2. The molecule has 2 aromatic carbocycles. The molecule has 26 heavy (non-hydrogen) atoms. The summed E-state index contributed by atoms with van der Waals surface area (Å²) in [7, 11) is 3.18. The molecule has 0 radical (unpaired) electrons. The first-order valence-electron chi connectivity index (χ1n) is 8.08. The van der Waals surface area contributed by atoms with Gasteiger partial charge in [-0.25, -0.2) is 4.98 Å². The molecular weight excluding hydrogens is 326 g/mol. The Morgan fingerprint density at radius 2 is 1.73 bits per heavy atom. The fourth-order valence-electron chi connectivity index (χ4n) is 2.92. The third kappa shape index (κ3) is 3.05. The lowest BCUT2D eigenvalue weighted by molar-refractivity contribution is 0.404. The summed E-state index contributed by atoms with van der Waals surface area (Å²) >= 11 is 0. The minimum Gasteiger partial charge on any atom is -0.497 e. The molecule has 5 heteroatoms. The highest BCUT2D eigenvalue weighted by atomic mass is 16.5. The van der Waals surface area contributed by atoms with Crippen molar-refractivity contribution in [1.82, 2.24) is 4.98 Å². The van der Waals surface area contributed by atoms with E-state index >= 15 is 0 Å². The zero-order chi connectivity index (χ0) is 18.7. The molecule has 0 aliphatic heterocycles. The smallest absolute Gasteiger partial charge is 0.142 e. The molecule has 0 spiro atoms. The van der Waals surface area contributed by atoms with Gasteiger partial charge in [0.05, 0.1) is 19.9 Å². The summed E-state index contributed by atoms with van der Waals surface area (Å²) < 4.78 is 10.8. The second kappa shape index (κ2) is 7.16. The largest absolute Gasteiger partial charge is 0.497 e. The van der Waals surface area contributed by atoms with Gasteiger partial charge in [0.1, 0.15) is 28.9 Å². The molecule has 0 unspecified atom stereocenters. The van der Waals surface area contributed by atoms with Crippen molar-refractivity contribution < 1.29 is 9.47 Å². The lowest BCUT2D eigenvalue weighted by atomic mass is 9.96. The van der Waals surface area contributed by atoms with Crippen molar-refractivity contribution in [2.75, 3.05) is 20.0 Å². The van der Waals surface area contributed by atoms with Crippen molar-refractivity contribution >= 4 is 5.82 Å². The Bertz CT molecular complexity index is 1010. The molecule has 0 bridgehead atoms. The Balaban J connectivity index is 2.31. The Morgan fingerprint density at radius 1 is 0.962 bits per heavy atom. The highest BCUT2D eigenvalue weighted by molar-refractivity contribution is 5.84. The van der Waals surface area contributed by atoms with Gasteiger partial charge >= 0.3 is 0 Å². The molecule has 2 N–H and O–H groups in total. The van der Waals surface area contributed by atoms with E-state index in [2.05, 4.69) is 11.1 Å². The minimum absolute atomic E-state index is 0.188. The zero-order valence-electron chi connectivity index (χ0n) is 14.9. The number of nitrogen functional groups attached to an aromatic ring is 1. The van der Waals surface area contributed by atoms with Crippen LogP contribution in [0.5, 0.6) is 11.5 Å². The van der Waals surface area contributed by atoms with E-state index in [4.69, 9.17) is 15.2 Å². The van der Waals surface area contributed by atoms with Crippen LogP contribution in [0.2, 0.25) is 0 Å². The van der Waals surface area contributed by atoms with Crippen molar-refractivity contribution in [3.05, 3.63) is 59.7 Å². The number of rotatable bonds is 4. The summed E-state index contributed by atoms with van der Waals surface area (Å²) in [4.78, 5) is 4.44. The maximum Gasteiger partial charge on any atom is 0.142 e. The highest BCUT2D eigenvalue weighted by Crippen LogP contribution is 2.38. The molecule has 0 fully saturated rings. The summed E-state index contributed by atoms with van der Waals surface area (Å²) in [5.41, 5.74) is 10.6. The fourth-order valence-corrected chi connectivity index (χ4v) is 2.92. The van der Waals surface area contributed by atoms with E-state index in [-0.39, 0.29) is 5.82 Å². The van der Waals surface area contributed by atoms with Crippen LogP contribution in [0, 0.1) is 18.3 Å². The molecular formula is C21H19N3O2. The van der Waals surface area contributed by atoms with Gasteiger partial charge in [0.15, 0.2) is 0 Å². The number of nitriles is 1. The Kier molecular flexibility index (Phi) is 4.76. The molecule has 0 aliphatic rings. The quantitative estimate of drug-likeness (QED) is 0.766. The van der Waals surface area contributed by atoms with Crippen LogP contribution in [-0.4, -0.2) is 19.2 Å². The maximum atomic E-state index is 9.62. The molecule has 1 heterocycles. The number of anilines is 1. The van der Waals surface area contributed by atoms with Crippen molar-refractivity contribution in [3.63, 3.8) is 0 Å². The van der Waals surface area contributed by atoms with E-state index in [9.17, 15) is 5.26 Å². The van der Waals surface area contributed by atoms with Crippen molar-refractivity contribution in [3.8, 4) is 40.0 Å². The van der Waals surface area contributed by atoms with E-state index in [1.807, 2.05) is 43.3 Å². The first-order chi connectivity index (χ1) is 12.6. The number of nitrogens with two attached hydrogens (primary N) is 1. The van der Waals surface area contributed by atoms with Crippen LogP contribution in [0.1, 0.15) is 11.1 Å². The molecule has 0 aliphatic carbocycles. The molecule has 0 saturated carbocycles. The molecule has 0 atom stereocenters. The summed E-state index contributed by atoms with van der Waals surface area (Å²) in [5.74, 6) is 1.48. The number of nitrogens with zero attached hydrogens (tertiary/aromatic N) is 2. The van der Waals surface area contributed by atoms with Crippen LogP contribution in [-0.2, 0) is 0 Å². The van der Waals surface area contributed by atoms with Crippen molar-refractivity contribution in [2.24, 2.45) is 0 Å². The molecule has 3 rings (SSSR count). The van der Waals surface area contributed by atoms with Gasteiger partial charge in [0, 0.05) is 16.7 Å². The van der Waals surface area contributed by atoms with Gasteiger partial charge in [0.2, 0.25) is 0 Å². The van der Waals surface area contributed by atoms with Crippen LogP contribution in [0.4, 0.5) is 5.82 Å². The van der Waals surface area contributed by atoms with Crippen LogP contribution in [0.15, 0.2) is 48.5 Å². The van der Waals surface area contributed by atoms with E-state index in [1.54, 1.807) is 26.4 Å². The number of benzene rings is 2. The summed E-state index contributed by atoms with van der Waals surface area (Å²) in [6, 6.07) is 17.4. The number of hydrogen-bond acceptors (Lipinski definition) is 5. The maximum absolute atomic E-state index is 9.62. The van der Waals surface area contributed by atoms with Gasteiger partial charge in [-0.2, -0.15) is 5.26 Å². The topological polar surface area (TPSA) is 81.2 Å². The predicted octanol–water partition coefficient (Wildman–Crippen LogP) is 4.20. The third-order valence-electron chi connectivity index (χ3n) is 4.28. The molecule has 0 saturated heterocycles. The number of pyridine rings is 1. The average Bonchev–Trinajstić information content (AvgIpc) is 2.67. The van der Waals surface area contributed by atoms with E-state index in [0.717, 1.165) is 16.7 Å². The Hall–Kier alpha value is -3.52. The molecule has 3 aromatic rings. The lowest BCUT2D eigenvalue weighted by Crippen LogP contribution is -2.01. The lowest BCUT2D eigenvalue weighted by Gasteiger charge is -2.15. The number of aromatic nitrogens is 1. The van der Waals surface area contributed by atoms with Crippen molar-refractivity contribution in [1.29, 1.82) is 5.26 Å². The predicted molar refractivity (Wildman–Crippen MR) is 102 cm³/mol. The summed E-state index contributed by atoms with van der Waals surface area (Å²) in [5, 5.41) is 9.62. The van der Waals surface area contributed by atoms with E-state index in [0.29, 0.717) is 28.3 Å². The highest BCUT2D eigenvalue weighted by Gasteiger charge is 2.18. The van der Waals surface area contributed by atoms with Crippen LogP contribution < -0.4 is 15.2 Å². The fraction of sp³-hybridized carbons (Fsp3) is 0.143. The minimum atomic E-state index is 0.188.